The number of amides is 1. The smallest absolute Gasteiger partial charge is 0.308 e. The van der Waals surface area contributed by atoms with Gasteiger partial charge in [0.1, 0.15) is 0 Å². The zero-order valence-electron chi connectivity index (χ0n) is 13.4. The van der Waals surface area contributed by atoms with E-state index >= 15 is 0 Å². The molecule has 2 atom stereocenters. The van der Waals surface area contributed by atoms with E-state index in [-0.39, 0.29) is 17.6 Å². The molecule has 0 radical (unpaired) electrons. The maximum Gasteiger partial charge on any atom is 0.308 e. The van der Waals surface area contributed by atoms with Crippen LogP contribution in [0.15, 0.2) is 11.2 Å². The van der Waals surface area contributed by atoms with Gasteiger partial charge in [-0.25, -0.2) is 9.97 Å². The van der Waals surface area contributed by atoms with Crippen LogP contribution in [0.25, 0.3) is 0 Å². The normalized spacial score (nSPS) is 24.0. The fourth-order valence-corrected chi connectivity index (χ4v) is 4.12. The summed E-state index contributed by atoms with van der Waals surface area (Å²) in [5.74, 6) is -0.334. The Morgan fingerprint density at radius 1 is 1.26 bits per heavy atom. The molecular formula is C16H21N3O3S. The van der Waals surface area contributed by atoms with Crippen molar-refractivity contribution in [3.63, 3.8) is 0 Å². The molecule has 2 fully saturated rings. The molecule has 1 saturated heterocycles. The Balaban J connectivity index is 1.59. The molecule has 1 N–H and O–H groups in total. The van der Waals surface area contributed by atoms with Crippen LogP contribution in [0.5, 0.6) is 0 Å². The molecule has 1 aliphatic heterocycles. The van der Waals surface area contributed by atoms with E-state index in [1.165, 1.54) is 11.8 Å². The SMILES string of the molecule is Cc1cc(C)nc(SCC(=O)N2C[C@H](C(=O)O)[C@@H](C3CC3)C2)n1. The van der Waals surface area contributed by atoms with E-state index in [2.05, 4.69) is 9.97 Å². The highest BCUT2D eigenvalue weighted by molar-refractivity contribution is 7.99. The van der Waals surface area contributed by atoms with Gasteiger partial charge in [0.15, 0.2) is 5.16 Å². The lowest BCUT2D eigenvalue weighted by atomic mass is 9.92. The Morgan fingerprint density at radius 3 is 2.48 bits per heavy atom. The third-order valence-corrected chi connectivity index (χ3v) is 5.38. The number of nitrogens with zero attached hydrogens (tertiary/aromatic N) is 3. The predicted molar refractivity (Wildman–Crippen MR) is 86.1 cm³/mol. The Labute approximate surface area is 139 Å². The van der Waals surface area contributed by atoms with Gasteiger partial charge in [-0.1, -0.05) is 11.8 Å². The lowest BCUT2D eigenvalue weighted by Crippen LogP contribution is -2.31. The molecule has 0 bridgehead atoms. The van der Waals surface area contributed by atoms with Gasteiger partial charge in [0.05, 0.1) is 11.7 Å². The van der Waals surface area contributed by atoms with Crippen LogP contribution >= 0.6 is 11.8 Å². The molecule has 1 amide bonds. The quantitative estimate of drug-likeness (QED) is 0.652. The topological polar surface area (TPSA) is 83.4 Å². The summed E-state index contributed by atoms with van der Waals surface area (Å²) in [4.78, 5) is 34.1. The minimum Gasteiger partial charge on any atom is -0.481 e. The average molecular weight is 335 g/mol. The maximum absolute atomic E-state index is 12.4. The number of likely N-dealkylation sites (tertiary alicyclic amines) is 1. The van der Waals surface area contributed by atoms with E-state index in [1.807, 2.05) is 19.9 Å². The van der Waals surface area contributed by atoms with Gasteiger partial charge in [0, 0.05) is 24.5 Å². The number of carboxylic acids is 1. The molecule has 0 spiro atoms. The second-order valence-corrected chi connectivity index (χ2v) is 7.41. The van der Waals surface area contributed by atoms with Gasteiger partial charge in [-0.3, -0.25) is 9.59 Å². The first-order chi connectivity index (χ1) is 10.9. The fourth-order valence-electron chi connectivity index (χ4n) is 3.27. The van der Waals surface area contributed by atoms with Crippen LogP contribution in [-0.4, -0.2) is 50.7 Å². The molecule has 0 unspecified atom stereocenters. The van der Waals surface area contributed by atoms with Crippen LogP contribution in [0, 0.1) is 31.6 Å². The summed E-state index contributed by atoms with van der Waals surface area (Å²) in [5.41, 5.74) is 1.77. The minimum atomic E-state index is -0.775. The third kappa shape index (κ3) is 3.83. The summed E-state index contributed by atoms with van der Waals surface area (Å²) < 4.78 is 0. The lowest BCUT2D eigenvalue weighted by molar-refractivity contribution is -0.142. The van der Waals surface area contributed by atoms with Crippen molar-refractivity contribution in [2.75, 3.05) is 18.8 Å². The van der Waals surface area contributed by atoms with Gasteiger partial charge in [-0.2, -0.15) is 0 Å². The predicted octanol–water partition coefficient (Wildman–Crippen LogP) is 1.75. The number of rotatable bonds is 5. The van der Waals surface area contributed by atoms with E-state index < -0.39 is 11.9 Å². The van der Waals surface area contributed by atoms with Crippen LogP contribution in [-0.2, 0) is 9.59 Å². The number of carbonyl (C=O) groups is 2. The summed E-state index contributed by atoms with van der Waals surface area (Å²) in [6.45, 7) is 4.72. The third-order valence-electron chi connectivity index (χ3n) is 4.55. The highest BCUT2D eigenvalue weighted by Gasteiger charge is 2.46. The van der Waals surface area contributed by atoms with Crippen molar-refractivity contribution in [3.05, 3.63) is 17.5 Å². The zero-order chi connectivity index (χ0) is 16.6. The van der Waals surface area contributed by atoms with E-state index in [1.54, 1.807) is 4.90 Å². The first-order valence-corrected chi connectivity index (χ1v) is 8.88. The molecule has 3 rings (SSSR count). The summed E-state index contributed by atoms with van der Waals surface area (Å²) >= 11 is 1.32. The molecule has 1 aromatic rings. The summed E-state index contributed by atoms with van der Waals surface area (Å²) in [6, 6.07) is 1.89. The number of carboxylic acid groups (broad SMARTS) is 1. The number of carbonyl (C=O) groups excluding carboxylic acids is 1. The molecule has 6 nitrogen and oxygen atoms in total. The van der Waals surface area contributed by atoms with Gasteiger partial charge in [0.25, 0.3) is 0 Å². The number of aromatic nitrogens is 2. The molecule has 2 heterocycles. The number of aliphatic carboxylic acids is 1. The van der Waals surface area contributed by atoms with Crippen LogP contribution in [0.2, 0.25) is 0 Å². The van der Waals surface area contributed by atoms with Crippen molar-refractivity contribution in [2.24, 2.45) is 17.8 Å². The van der Waals surface area contributed by atoms with Gasteiger partial charge in [-0.05, 0) is 44.6 Å². The largest absolute Gasteiger partial charge is 0.481 e. The molecule has 1 saturated carbocycles. The van der Waals surface area contributed by atoms with E-state index in [9.17, 15) is 14.7 Å². The van der Waals surface area contributed by atoms with E-state index in [0.717, 1.165) is 24.2 Å². The number of hydrogen-bond acceptors (Lipinski definition) is 5. The minimum absolute atomic E-state index is 0.0211. The number of aryl methyl sites for hydroxylation is 2. The summed E-state index contributed by atoms with van der Waals surface area (Å²) in [7, 11) is 0. The Morgan fingerprint density at radius 2 is 1.91 bits per heavy atom. The Bertz CT molecular complexity index is 613. The highest BCUT2D eigenvalue weighted by Crippen LogP contribution is 2.44. The van der Waals surface area contributed by atoms with Crippen LogP contribution in [0.1, 0.15) is 24.2 Å². The average Bonchev–Trinajstić information content (AvgIpc) is 3.22. The second kappa shape index (κ2) is 6.47. The first kappa shape index (κ1) is 16.2. The van der Waals surface area contributed by atoms with E-state index in [4.69, 9.17) is 0 Å². The maximum atomic E-state index is 12.4. The second-order valence-electron chi connectivity index (χ2n) is 6.47. The molecule has 124 valence electrons. The van der Waals surface area contributed by atoms with Gasteiger partial charge in [-0.15, -0.1) is 0 Å². The van der Waals surface area contributed by atoms with Crippen LogP contribution in [0.4, 0.5) is 0 Å². The van der Waals surface area contributed by atoms with Crippen molar-refractivity contribution in [3.8, 4) is 0 Å². The monoisotopic (exact) mass is 335 g/mol. The van der Waals surface area contributed by atoms with Crippen molar-refractivity contribution in [1.82, 2.24) is 14.9 Å². The van der Waals surface area contributed by atoms with Crippen molar-refractivity contribution in [1.29, 1.82) is 0 Å². The van der Waals surface area contributed by atoms with Crippen LogP contribution in [0.3, 0.4) is 0 Å². The molecule has 1 aromatic heterocycles. The standard InChI is InChI=1S/C16H21N3O3S/c1-9-5-10(2)18-16(17-9)23-8-14(20)19-6-12(11-3-4-11)13(7-19)15(21)22/h5,11-13H,3-4,6-8H2,1-2H3,(H,21,22)/t12-,13+/m1/s1. The Hall–Kier alpha value is -1.63. The number of thioether (sulfide) groups is 1. The van der Waals surface area contributed by atoms with Crippen molar-refractivity contribution < 1.29 is 14.7 Å². The molecule has 0 aromatic carbocycles. The summed E-state index contributed by atoms with van der Waals surface area (Å²) in [6.07, 6.45) is 2.20. The molecule has 2 aliphatic rings. The zero-order valence-corrected chi connectivity index (χ0v) is 14.2. The highest BCUT2D eigenvalue weighted by atomic mass is 32.2. The molecule has 1 aliphatic carbocycles. The van der Waals surface area contributed by atoms with Gasteiger partial charge in [0.2, 0.25) is 5.91 Å². The lowest BCUT2D eigenvalue weighted by Gasteiger charge is -2.15. The van der Waals surface area contributed by atoms with Crippen molar-refractivity contribution in [2.45, 2.75) is 31.8 Å². The van der Waals surface area contributed by atoms with Crippen LogP contribution < -0.4 is 0 Å². The molecule has 23 heavy (non-hydrogen) atoms. The molecule has 7 heteroatoms. The first-order valence-electron chi connectivity index (χ1n) is 7.89. The van der Waals surface area contributed by atoms with Gasteiger partial charge >= 0.3 is 5.97 Å². The molecular weight excluding hydrogens is 314 g/mol. The number of hydrogen-bond donors (Lipinski definition) is 1. The van der Waals surface area contributed by atoms with Gasteiger partial charge < -0.3 is 10.0 Å². The Kier molecular flexibility index (Phi) is 4.57. The summed E-state index contributed by atoms with van der Waals surface area (Å²) in [5, 5.41) is 9.97. The van der Waals surface area contributed by atoms with E-state index in [0.29, 0.717) is 24.2 Å². The fraction of sp³-hybridized carbons (Fsp3) is 0.625. The van der Waals surface area contributed by atoms with Crippen molar-refractivity contribution >= 4 is 23.6 Å².